The third-order valence-electron chi connectivity index (χ3n) is 7.60. The highest BCUT2D eigenvalue weighted by molar-refractivity contribution is 6.37. The Balaban J connectivity index is 1.56. The zero-order valence-electron chi connectivity index (χ0n) is 21.2. The monoisotopic (exact) mass is 532 g/mol. The summed E-state index contributed by atoms with van der Waals surface area (Å²) in [6, 6.07) is 15.8. The molecule has 0 aliphatic heterocycles. The normalized spacial score (nSPS) is 15.5. The summed E-state index contributed by atoms with van der Waals surface area (Å²) in [7, 11) is 0. The Morgan fingerprint density at radius 1 is 1.11 bits per heavy atom. The van der Waals surface area contributed by atoms with E-state index in [-0.39, 0.29) is 21.6 Å². The summed E-state index contributed by atoms with van der Waals surface area (Å²) in [4.78, 5) is 17.1. The first-order valence-electron chi connectivity index (χ1n) is 12.8. The lowest BCUT2D eigenvalue weighted by atomic mass is 9.89. The molecule has 2 atom stereocenters. The predicted molar refractivity (Wildman–Crippen MR) is 154 cm³/mol. The van der Waals surface area contributed by atoms with Crippen molar-refractivity contribution in [1.29, 1.82) is 0 Å². The fourth-order valence-corrected chi connectivity index (χ4v) is 5.82. The van der Waals surface area contributed by atoms with Gasteiger partial charge >= 0.3 is 0 Å². The molecule has 0 bridgehead atoms. The molecule has 4 nitrogen and oxygen atoms in total. The number of aromatic nitrogens is 1. The number of nitrogens with one attached hydrogen (secondary N) is 1. The molecule has 3 aromatic carbocycles. The second-order valence-electron chi connectivity index (χ2n) is 10.1. The van der Waals surface area contributed by atoms with E-state index >= 15 is 0 Å². The molecule has 2 N–H and O–H groups in total. The van der Waals surface area contributed by atoms with E-state index in [2.05, 4.69) is 42.3 Å². The molecule has 37 heavy (non-hydrogen) atoms. The van der Waals surface area contributed by atoms with Gasteiger partial charge in [0.25, 0.3) is 0 Å². The minimum absolute atomic E-state index is 0.0622. The van der Waals surface area contributed by atoms with Gasteiger partial charge in [-0.15, -0.1) is 0 Å². The first-order chi connectivity index (χ1) is 17.7. The standard InChI is InChI=1S/C31H30Cl2N2O2/c1-4-17(2)11-20-5-6-21-12-23(8-9-24(20)21)35-30-25-13-19(22-14-27(32)31(37)28(33)15-22)7-10-29(25)34-16-26(30)18(3)36/h7-10,12-17,20,37H,4-6,11H2,1-3H3,(H,34,35). The van der Waals surface area contributed by atoms with Crippen LogP contribution in [0.15, 0.2) is 54.7 Å². The number of halogens is 2. The number of pyridine rings is 1. The van der Waals surface area contributed by atoms with Gasteiger partial charge in [-0.3, -0.25) is 9.78 Å². The van der Waals surface area contributed by atoms with E-state index in [4.69, 9.17) is 23.2 Å². The number of aromatic hydroxyl groups is 1. The predicted octanol–water partition coefficient (Wildman–Crippen LogP) is 9.33. The van der Waals surface area contributed by atoms with Gasteiger partial charge < -0.3 is 10.4 Å². The van der Waals surface area contributed by atoms with Gasteiger partial charge in [-0.2, -0.15) is 0 Å². The molecule has 1 aliphatic carbocycles. The van der Waals surface area contributed by atoms with Crippen LogP contribution in [0.5, 0.6) is 5.75 Å². The molecule has 0 radical (unpaired) electrons. The van der Waals surface area contributed by atoms with E-state index in [1.165, 1.54) is 30.4 Å². The SMILES string of the molecule is CCC(C)CC1CCc2cc(Nc3c(C(C)=O)cnc4ccc(-c5cc(Cl)c(O)c(Cl)c5)cc34)ccc21. The number of ketones is 1. The van der Waals surface area contributed by atoms with Crippen molar-refractivity contribution in [2.45, 2.75) is 52.4 Å². The molecule has 1 aromatic heterocycles. The maximum Gasteiger partial charge on any atom is 0.163 e. The molecule has 1 aliphatic rings. The van der Waals surface area contributed by atoms with Gasteiger partial charge in [0, 0.05) is 17.3 Å². The van der Waals surface area contributed by atoms with Crippen molar-refractivity contribution in [2.24, 2.45) is 5.92 Å². The van der Waals surface area contributed by atoms with Gasteiger partial charge in [0.05, 0.1) is 26.8 Å². The number of benzene rings is 3. The van der Waals surface area contributed by atoms with E-state index in [0.29, 0.717) is 11.5 Å². The van der Waals surface area contributed by atoms with Crippen molar-refractivity contribution in [3.8, 4) is 16.9 Å². The van der Waals surface area contributed by atoms with Crippen LogP contribution in [0.3, 0.4) is 0 Å². The van der Waals surface area contributed by atoms with Crippen LogP contribution in [0.4, 0.5) is 11.4 Å². The Labute approximate surface area is 227 Å². The zero-order valence-corrected chi connectivity index (χ0v) is 22.7. The van der Waals surface area contributed by atoms with Gasteiger partial charge in [-0.05, 0) is 96.7 Å². The number of hydrogen-bond donors (Lipinski definition) is 2. The number of carbonyl (C=O) groups excluding carboxylic acids is 1. The number of nitrogens with zero attached hydrogens (tertiary/aromatic N) is 1. The number of phenols is 1. The van der Waals surface area contributed by atoms with Gasteiger partial charge in [-0.1, -0.05) is 55.6 Å². The van der Waals surface area contributed by atoms with Crippen LogP contribution in [0.2, 0.25) is 10.0 Å². The second-order valence-corrected chi connectivity index (χ2v) is 11.0. The van der Waals surface area contributed by atoms with Crippen LogP contribution in [0.1, 0.15) is 67.4 Å². The van der Waals surface area contributed by atoms with Crippen molar-refractivity contribution < 1.29 is 9.90 Å². The quantitative estimate of drug-likeness (QED) is 0.232. The molecule has 6 heteroatoms. The molecule has 4 aromatic rings. The second kappa shape index (κ2) is 10.4. The average Bonchev–Trinajstić information content (AvgIpc) is 3.28. The smallest absolute Gasteiger partial charge is 0.163 e. The van der Waals surface area contributed by atoms with E-state index in [9.17, 15) is 9.90 Å². The molecule has 1 heterocycles. The van der Waals surface area contributed by atoms with Crippen LogP contribution in [0, 0.1) is 5.92 Å². The highest BCUT2D eigenvalue weighted by Gasteiger charge is 2.24. The molecule has 0 fully saturated rings. The van der Waals surface area contributed by atoms with Gasteiger partial charge in [0.2, 0.25) is 0 Å². The van der Waals surface area contributed by atoms with Crippen molar-refractivity contribution in [1.82, 2.24) is 4.98 Å². The molecule has 190 valence electrons. The molecule has 0 saturated carbocycles. The molecular formula is C31H30Cl2N2O2. The van der Waals surface area contributed by atoms with E-state index in [1.807, 2.05) is 18.2 Å². The van der Waals surface area contributed by atoms with Crippen molar-refractivity contribution in [2.75, 3.05) is 5.32 Å². The number of fused-ring (bicyclic) bond motifs is 2. The molecule has 0 amide bonds. The van der Waals surface area contributed by atoms with Crippen LogP contribution in [-0.4, -0.2) is 15.9 Å². The average molecular weight is 533 g/mol. The number of anilines is 2. The first-order valence-corrected chi connectivity index (χ1v) is 13.5. The Morgan fingerprint density at radius 2 is 1.86 bits per heavy atom. The minimum Gasteiger partial charge on any atom is -0.505 e. The number of phenolic OH excluding ortho intramolecular Hbond substituents is 1. The lowest BCUT2D eigenvalue weighted by Gasteiger charge is -2.18. The minimum atomic E-state index is -0.140. The number of carbonyl (C=O) groups is 1. The van der Waals surface area contributed by atoms with Crippen LogP contribution >= 0.6 is 23.2 Å². The lowest BCUT2D eigenvalue weighted by molar-refractivity contribution is 0.101. The van der Waals surface area contributed by atoms with Crippen LogP contribution in [0.25, 0.3) is 22.0 Å². The van der Waals surface area contributed by atoms with Crippen LogP contribution < -0.4 is 5.32 Å². The maximum absolute atomic E-state index is 12.6. The fourth-order valence-electron chi connectivity index (χ4n) is 5.33. The molecular weight excluding hydrogens is 503 g/mol. The van der Waals surface area contributed by atoms with Gasteiger partial charge in [0.1, 0.15) is 0 Å². The third kappa shape index (κ3) is 5.05. The van der Waals surface area contributed by atoms with Gasteiger partial charge in [0.15, 0.2) is 11.5 Å². The third-order valence-corrected chi connectivity index (χ3v) is 8.17. The Morgan fingerprint density at radius 3 is 2.57 bits per heavy atom. The molecule has 0 spiro atoms. The molecule has 5 rings (SSSR count). The lowest BCUT2D eigenvalue weighted by Crippen LogP contribution is -2.04. The summed E-state index contributed by atoms with van der Waals surface area (Å²) in [5.74, 6) is 1.15. The highest BCUT2D eigenvalue weighted by atomic mass is 35.5. The maximum atomic E-state index is 12.6. The zero-order chi connectivity index (χ0) is 26.3. The largest absolute Gasteiger partial charge is 0.505 e. The fraction of sp³-hybridized carbons (Fsp3) is 0.290. The molecule has 0 saturated heterocycles. The summed E-state index contributed by atoms with van der Waals surface area (Å²) in [5, 5.41) is 14.7. The topological polar surface area (TPSA) is 62.2 Å². The summed E-state index contributed by atoms with van der Waals surface area (Å²) >= 11 is 12.4. The van der Waals surface area contributed by atoms with E-state index in [0.717, 1.165) is 45.7 Å². The summed E-state index contributed by atoms with van der Waals surface area (Å²) in [6.07, 6.45) is 6.35. The number of hydrogen-bond acceptors (Lipinski definition) is 4. The first kappa shape index (κ1) is 25.6. The Hall–Kier alpha value is -3.08. The number of aryl methyl sites for hydroxylation is 1. The highest BCUT2D eigenvalue weighted by Crippen LogP contribution is 2.41. The van der Waals surface area contributed by atoms with Crippen LogP contribution in [-0.2, 0) is 6.42 Å². The van der Waals surface area contributed by atoms with E-state index < -0.39 is 0 Å². The number of rotatable bonds is 7. The summed E-state index contributed by atoms with van der Waals surface area (Å²) in [5.41, 5.74) is 7.44. The Bertz CT molecular complexity index is 1490. The van der Waals surface area contributed by atoms with Crippen molar-refractivity contribution >= 4 is 51.3 Å². The molecule has 2 unspecified atom stereocenters. The Kier molecular flexibility index (Phi) is 7.15. The van der Waals surface area contributed by atoms with Crippen molar-refractivity contribution in [3.05, 3.63) is 81.5 Å². The van der Waals surface area contributed by atoms with Gasteiger partial charge in [-0.25, -0.2) is 0 Å². The number of Topliss-reactive ketones (excluding diaryl/α,β-unsaturated/α-hetero) is 1. The summed E-state index contributed by atoms with van der Waals surface area (Å²) < 4.78 is 0. The van der Waals surface area contributed by atoms with Crippen molar-refractivity contribution in [3.63, 3.8) is 0 Å². The summed E-state index contributed by atoms with van der Waals surface area (Å²) in [6.45, 7) is 6.15. The van der Waals surface area contributed by atoms with E-state index in [1.54, 1.807) is 25.3 Å².